The molecule has 2 aliphatic rings. The monoisotopic (exact) mass is 252 g/mol. The minimum Gasteiger partial charge on any atom is -0.356 e. The summed E-state index contributed by atoms with van der Waals surface area (Å²) in [7, 11) is 0. The van der Waals surface area contributed by atoms with Gasteiger partial charge in [0.05, 0.1) is 0 Å². The zero-order valence-electron chi connectivity index (χ0n) is 11.8. The fourth-order valence-corrected chi connectivity index (χ4v) is 3.50. The molecule has 1 aliphatic carbocycles. The number of rotatable bonds is 5. The summed E-state index contributed by atoms with van der Waals surface area (Å²) in [6, 6.07) is 0. The van der Waals surface area contributed by atoms with Crippen LogP contribution in [-0.2, 0) is 4.79 Å². The first kappa shape index (κ1) is 13.9. The Bertz CT molecular complexity index is 266. The van der Waals surface area contributed by atoms with Crippen molar-refractivity contribution in [1.82, 2.24) is 10.6 Å². The summed E-state index contributed by atoms with van der Waals surface area (Å²) < 4.78 is 0. The zero-order valence-corrected chi connectivity index (χ0v) is 11.8. The van der Waals surface area contributed by atoms with Crippen molar-refractivity contribution in [3.05, 3.63) is 0 Å². The summed E-state index contributed by atoms with van der Waals surface area (Å²) >= 11 is 0. The van der Waals surface area contributed by atoms with E-state index in [1.807, 2.05) is 0 Å². The fraction of sp³-hybridized carbons (Fsp3) is 0.933. The number of hydrogen-bond acceptors (Lipinski definition) is 2. The Morgan fingerprint density at radius 1 is 1.33 bits per heavy atom. The first-order chi connectivity index (χ1) is 8.74. The number of piperidine rings is 1. The van der Waals surface area contributed by atoms with Gasteiger partial charge in [0, 0.05) is 13.0 Å². The SMILES string of the molecule is CCC1(CNC(=O)CC2CCCNC2)CCCC1. The van der Waals surface area contributed by atoms with Crippen molar-refractivity contribution >= 4 is 5.91 Å². The second-order valence-corrected chi connectivity index (χ2v) is 6.25. The highest BCUT2D eigenvalue weighted by Gasteiger charge is 2.32. The van der Waals surface area contributed by atoms with Gasteiger partial charge in [-0.05, 0) is 56.5 Å². The summed E-state index contributed by atoms with van der Waals surface area (Å²) in [5, 5.41) is 6.57. The van der Waals surface area contributed by atoms with Gasteiger partial charge in [-0.15, -0.1) is 0 Å². The van der Waals surface area contributed by atoms with Gasteiger partial charge in [0.1, 0.15) is 0 Å². The highest BCUT2D eigenvalue weighted by molar-refractivity contribution is 5.76. The van der Waals surface area contributed by atoms with Crippen molar-refractivity contribution in [3.63, 3.8) is 0 Å². The maximum absolute atomic E-state index is 12.0. The lowest BCUT2D eigenvalue weighted by molar-refractivity contribution is -0.122. The second-order valence-electron chi connectivity index (χ2n) is 6.25. The second kappa shape index (κ2) is 6.55. The van der Waals surface area contributed by atoms with E-state index in [0.29, 0.717) is 17.8 Å². The molecule has 2 N–H and O–H groups in total. The number of carbonyl (C=O) groups is 1. The Morgan fingerprint density at radius 2 is 2.11 bits per heavy atom. The molecular weight excluding hydrogens is 224 g/mol. The fourth-order valence-electron chi connectivity index (χ4n) is 3.50. The molecule has 0 spiro atoms. The van der Waals surface area contributed by atoms with Crippen LogP contribution in [0.4, 0.5) is 0 Å². The molecular formula is C15H28N2O. The molecule has 0 aromatic rings. The van der Waals surface area contributed by atoms with E-state index >= 15 is 0 Å². The molecule has 18 heavy (non-hydrogen) atoms. The molecule has 0 radical (unpaired) electrons. The van der Waals surface area contributed by atoms with Crippen LogP contribution in [0.5, 0.6) is 0 Å². The lowest BCUT2D eigenvalue weighted by Crippen LogP contribution is -2.38. The Hall–Kier alpha value is -0.570. The van der Waals surface area contributed by atoms with Gasteiger partial charge in [0.25, 0.3) is 0 Å². The van der Waals surface area contributed by atoms with Gasteiger partial charge in [0.15, 0.2) is 0 Å². The minimum absolute atomic E-state index is 0.267. The molecule has 3 heteroatoms. The molecule has 2 rings (SSSR count). The van der Waals surface area contributed by atoms with Crippen LogP contribution in [0.15, 0.2) is 0 Å². The molecule has 0 aromatic heterocycles. The Balaban J connectivity index is 1.70. The molecule has 1 saturated heterocycles. The van der Waals surface area contributed by atoms with Crippen LogP contribution in [-0.4, -0.2) is 25.5 Å². The molecule has 1 atom stereocenters. The van der Waals surface area contributed by atoms with Crippen molar-refractivity contribution in [2.24, 2.45) is 11.3 Å². The van der Waals surface area contributed by atoms with E-state index < -0.39 is 0 Å². The molecule has 2 fully saturated rings. The maximum atomic E-state index is 12.0. The number of nitrogens with one attached hydrogen (secondary N) is 2. The van der Waals surface area contributed by atoms with Gasteiger partial charge >= 0.3 is 0 Å². The van der Waals surface area contributed by atoms with E-state index in [2.05, 4.69) is 17.6 Å². The summed E-state index contributed by atoms with van der Waals surface area (Å²) in [6.45, 7) is 5.31. The molecule has 1 saturated carbocycles. The molecule has 1 heterocycles. The molecule has 0 bridgehead atoms. The van der Waals surface area contributed by atoms with Gasteiger partial charge in [0.2, 0.25) is 5.91 Å². The molecule has 1 amide bonds. The number of hydrogen-bond donors (Lipinski definition) is 2. The number of amides is 1. The Labute approximate surface area is 111 Å². The van der Waals surface area contributed by atoms with Crippen molar-refractivity contribution in [1.29, 1.82) is 0 Å². The zero-order chi connectivity index (χ0) is 12.8. The highest BCUT2D eigenvalue weighted by Crippen LogP contribution is 2.40. The summed E-state index contributed by atoms with van der Waals surface area (Å²) in [5.41, 5.74) is 0.417. The van der Waals surface area contributed by atoms with Crippen LogP contribution in [0, 0.1) is 11.3 Å². The van der Waals surface area contributed by atoms with Crippen LogP contribution in [0.3, 0.4) is 0 Å². The van der Waals surface area contributed by atoms with Crippen molar-refractivity contribution < 1.29 is 4.79 Å². The van der Waals surface area contributed by atoms with E-state index in [0.717, 1.165) is 19.6 Å². The van der Waals surface area contributed by atoms with Gasteiger partial charge in [-0.25, -0.2) is 0 Å². The van der Waals surface area contributed by atoms with Crippen molar-refractivity contribution in [2.45, 2.75) is 58.3 Å². The van der Waals surface area contributed by atoms with Crippen molar-refractivity contribution in [3.8, 4) is 0 Å². The molecule has 3 nitrogen and oxygen atoms in total. The highest BCUT2D eigenvalue weighted by atomic mass is 16.1. The molecule has 1 unspecified atom stereocenters. The predicted octanol–water partition coefficient (Wildman–Crippen LogP) is 2.46. The lowest BCUT2D eigenvalue weighted by atomic mass is 9.83. The predicted molar refractivity (Wildman–Crippen MR) is 74.4 cm³/mol. The first-order valence-corrected chi connectivity index (χ1v) is 7.71. The molecule has 104 valence electrons. The Morgan fingerprint density at radius 3 is 2.72 bits per heavy atom. The van der Waals surface area contributed by atoms with Gasteiger partial charge in [-0.1, -0.05) is 19.8 Å². The summed E-state index contributed by atoms with van der Waals surface area (Å²) in [4.78, 5) is 12.0. The van der Waals surface area contributed by atoms with Crippen molar-refractivity contribution in [2.75, 3.05) is 19.6 Å². The first-order valence-electron chi connectivity index (χ1n) is 7.71. The third-order valence-electron chi connectivity index (χ3n) is 4.95. The Kier molecular flexibility index (Phi) is 5.04. The molecule has 0 aromatic carbocycles. The van der Waals surface area contributed by atoms with Gasteiger partial charge in [-0.3, -0.25) is 4.79 Å². The van der Waals surface area contributed by atoms with Gasteiger partial charge < -0.3 is 10.6 Å². The van der Waals surface area contributed by atoms with Crippen LogP contribution in [0.1, 0.15) is 58.3 Å². The van der Waals surface area contributed by atoms with E-state index in [4.69, 9.17) is 0 Å². The minimum atomic E-state index is 0.267. The van der Waals surface area contributed by atoms with Crippen LogP contribution >= 0.6 is 0 Å². The summed E-state index contributed by atoms with van der Waals surface area (Å²) in [5.74, 6) is 0.823. The number of carbonyl (C=O) groups excluding carboxylic acids is 1. The smallest absolute Gasteiger partial charge is 0.220 e. The third kappa shape index (κ3) is 3.71. The van der Waals surface area contributed by atoms with E-state index in [9.17, 15) is 4.79 Å². The van der Waals surface area contributed by atoms with E-state index in [1.54, 1.807) is 0 Å². The largest absolute Gasteiger partial charge is 0.356 e. The van der Waals surface area contributed by atoms with E-state index in [-0.39, 0.29) is 5.91 Å². The standard InChI is InChI=1S/C15H28N2O/c1-2-15(7-3-4-8-15)12-17-14(18)10-13-6-5-9-16-11-13/h13,16H,2-12H2,1H3,(H,17,18). The average Bonchev–Trinajstić information content (AvgIpc) is 2.87. The van der Waals surface area contributed by atoms with Crippen LogP contribution in [0.25, 0.3) is 0 Å². The third-order valence-corrected chi connectivity index (χ3v) is 4.95. The average molecular weight is 252 g/mol. The normalized spacial score (nSPS) is 27.1. The van der Waals surface area contributed by atoms with E-state index in [1.165, 1.54) is 44.9 Å². The van der Waals surface area contributed by atoms with Gasteiger partial charge in [-0.2, -0.15) is 0 Å². The maximum Gasteiger partial charge on any atom is 0.220 e. The topological polar surface area (TPSA) is 41.1 Å². The molecule has 1 aliphatic heterocycles. The van der Waals surface area contributed by atoms with Crippen LogP contribution in [0.2, 0.25) is 0 Å². The quantitative estimate of drug-likeness (QED) is 0.789. The lowest BCUT2D eigenvalue weighted by Gasteiger charge is -2.28. The van der Waals surface area contributed by atoms with Crippen LogP contribution < -0.4 is 10.6 Å². The summed E-state index contributed by atoms with van der Waals surface area (Å²) in [6.07, 6.45) is 9.64.